The third-order valence-electron chi connectivity index (χ3n) is 5.10. The Kier molecular flexibility index (Phi) is 6.32. The highest BCUT2D eigenvalue weighted by Gasteiger charge is 2.27. The molecular formula is C26H26N2O3. The number of carbonyl (C=O) groups is 1. The van der Waals surface area contributed by atoms with E-state index in [-0.39, 0.29) is 5.91 Å². The lowest BCUT2D eigenvalue weighted by Gasteiger charge is -2.16. The summed E-state index contributed by atoms with van der Waals surface area (Å²) in [5.41, 5.74) is 4.27. The van der Waals surface area contributed by atoms with Gasteiger partial charge in [-0.05, 0) is 25.5 Å². The van der Waals surface area contributed by atoms with E-state index in [1.165, 1.54) is 0 Å². The molecule has 5 nitrogen and oxygen atoms in total. The van der Waals surface area contributed by atoms with Crippen LogP contribution in [-0.4, -0.2) is 30.9 Å². The van der Waals surface area contributed by atoms with Gasteiger partial charge in [-0.3, -0.25) is 9.79 Å². The van der Waals surface area contributed by atoms with Gasteiger partial charge in [0.25, 0.3) is 0 Å². The molecule has 0 saturated carbocycles. The maximum atomic E-state index is 13.1. The summed E-state index contributed by atoms with van der Waals surface area (Å²) >= 11 is 0. The highest BCUT2D eigenvalue weighted by molar-refractivity contribution is 6.20. The first-order valence-electron chi connectivity index (χ1n) is 10.6. The van der Waals surface area contributed by atoms with Crippen molar-refractivity contribution in [1.82, 2.24) is 0 Å². The van der Waals surface area contributed by atoms with E-state index in [9.17, 15) is 4.79 Å². The van der Waals surface area contributed by atoms with Crippen LogP contribution in [0, 0.1) is 0 Å². The van der Waals surface area contributed by atoms with Crippen LogP contribution in [0.1, 0.15) is 30.5 Å². The molecule has 1 unspecified atom stereocenters. The van der Waals surface area contributed by atoms with E-state index in [4.69, 9.17) is 14.5 Å². The van der Waals surface area contributed by atoms with Crippen LogP contribution in [0.2, 0.25) is 0 Å². The van der Waals surface area contributed by atoms with Gasteiger partial charge in [-0.1, -0.05) is 60.7 Å². The largest absolute Gasteiger partial charge is 0.490 e. The Morgan fingerprint density at radius 1 is 0.871 bits per heavy atom. The molecule has 0 radical (unpaired) electrons. The average Bonchev–Trinajstić information content (AvgIpc) is 2.92. The quantitative estimate of drug-likeness (QED) is 0.599. The van der Waals surface area contributed by atoms with Crippen molar-refractivity contribution in [2.45, 2.75) is 26.3 Å². The summed E-state index contributed by atoms with van der Waals surface area (Å²) in [4.78, 5) is 18.1. The van der Waals surface area contributed by atoms with Crippen LogP contribution in [0.3, 0.4) is 0 Å². The number of hydrogen-bond acceptors (Lipinski definition) is 4. The number of nitrogens with one attached hydrogen (secondary N) is 1. The molecule has 1 atom stereocenters. The number of aliphatic imine (C=N–C) groups is 1. The molecule has 0 aromatic heterocycles. The van der Waals surface area contributed by atoms with Crippen molar-refractivity contribution in [2.24, 2.45) is 4.99 Å². The van der Waals surface area contributed by atoms with Gasteiger partial charge in [0.05, 0.1) is 24.6 Å². The maximum Gasteiger partial charge on any atom is 0.249 e. The summed E-state index contributed by atoms with van der Waals surface area (Å²) in [5, 5.41) is 3.07. The second-order valence-corrected chi connectivity index (χ2v) is 7.25. The maximum absolute atomic E-state index is 13.1. The molecule has 31 heavy (non-hydrogen) atoms. The number of benzodiazepines with no additional fused rings is 1. The highest BCUT2D eigenvalue weighted by atomic mass is 16.5. The number of hydrogen-bond donors (Lipinski definition) is 1. The molecule has 0 aliphatic carbocycles. The standard InChI is InChI=1S/C26H26N2O3/c1-3-30-23-16-20-21(17-24(23)31-4-2)28-26(29)22(15-18-11-7-5-8-12-18)27-25(20)19-13-9-6-10-14-19/h5-14,16-17,22H,3-4,15H2,1-2H3,(H,28,29). The minimum atomic E-state index is -0.545. The monoisotopic (exact) mass is 414 g/mol. The van der Waals surface area contributed by atoms with Crippen LogP contribution in [0.15, 0.2) is 77.8 Å². The number of ether oxygens (including phenoxy) is 2. The fourth-order valence-electron chi connectivity index (χ4n) is 3.70. The molecule has 3 aromatic carbocycles. The number of rotatable bonds is 7. The summed E-state index contributed by atoms with van der Waals surface area (Å²) in [6.07, 6.45) is 0.521. The van der Waals surface area contributed by atoms with Crippen molar-refractivity contribution in [3.05, 3.63) is 89.5 Å². The van der Waals surface area contributed by atoms with E-state index in [0.717, 1.165) is 22.4 Å². The Morgan fingerprint density at radius 2 is 1.48 bits per heavy atom. The van der Waals surface area contributed by atoms with Crippen LogP contribution in [0.25, 0.3) is 0 Å². The molecule has 1 aliphatic rings. The van der Waals surface area contributed by atoms with Gasteiger partial charge < -0.3 is 14.8 Å². The highest BCUT2D eigenvalue weighted by Crippen LogP contribution is 2.36. The SMILES string of the molecule is CCOc1cc2c(cc1OCC)C(c1ccccc1)=NC(Cc1ccccc1)C(=O)N2. The molecular weight excluding hydrogens is 388 g/mol. The molecule has 158 valence electrons. The van der Waals surface area contributed by atoms with Crippen LogP contribution < -0.4 is 14.8 Å². The van der Waals surface area contributed by atoms with Gasteiger partial charge in [-0.2, -0.15) is 0 Å². The minimum Gasteiger partial charge on any atom is -0.490 e. The number of carbonyl (C=O) groups excluding carboxylic acids is 1. The van der Waals surface area contributed by atoms with Gasteiger partial charge in [0.1, 0.15) is 6.04 Å². The lowest BCUT2D eigenvalue weighted by molar-refractivity contribution is -0.117. The second-order valence-electron chi connectivity index (χ2n) is 7.25. The van der Waals surface area contributed by atoms with E-state index in [0.29, 0.717) is 36.8 Å². The van der Waals surface area contributed by atoms with E-state index < -0.39 is 6.04 Å². The van der Waals surface area contributed by atoms with Gasteiger partial charge in [0.15, 0.2) is 11.5 Å². The number of anilines is 1. The van der Waals surface area contributed by atoms with Crippen molar-refractivity contribution >= 4 is 17.3 Å². The van der Waals surface area contributed by atoms with Crippen LogP contribution in [0.4, 0.5) is 5.69 Å². The number of fused-ring (bicyclic) bond motifs is 1. The first-order chi connectivity index (χ1) is 15.2. The summed E-state index contributed by atoms with van der Waals surface area (Å²) in [5.74, 6) is 1.11. The molecule has 3 aromatic rings. The molecule has 1 aliphatic heterocycles. The van der Waals surface area contributed by atoms with E-state index in [2.05, 4.69) is 5.32 Å². The number of benzene rings is 3. The summed E-state index contributed by atoms with van der Waals surface area (Å²) in [6, 6.07) is 23.1. The van der Waals surface area contributed by atoms with Gasteiger partial charge in [-0.25, -0.2) is 0 Å². The normalized spacial score (nSPS) is 15.4. The van der Waals surface area contributed by atoms with Crippen molar-refractivity contribution in [3.8, 4) is 11.5 Å². The van der Waals surface area contributed by atoms with Crippen molar-refractivity contribution in [3.63, 3.8) is 0 Å². The molecule has 1 N–H and O–H groups in total. The molecule has 4 rings (SSSR count). The zero-order valence-corrected chi connectivity index (χ0v) is 17.8. The third-order valence-corrected chi connectivity index (χ3v) is 5.10. The topological polar surface area (TPSA) is 59.9 Å². The van der Waals surface area contributed by atoms with E-state index in [1.807, 2.05) is 86.6 Å². The van der Waals surface area contributed by atoms with Gasteiger partial charge in [-0.15, -0.1) is 0 Å². The number of amides is 1. The Hall–Kier alpha value is -3.60. The lowest BCUT2D eigenvalue weighted by Crippen LogP contribution is -2.27. The Labute approximate surface area is 182 Å². The Balaban J connectivity index is 1.84. The predicted molar refractivity (Wildman–Crippen MR) is 123 cm³/mol. The molecule has 1 amide bonds. The predicted octanol–water partition coefficient (Wildman–Crippen LogP) is 4.88. The zero-order chi connectivity index (χ0) is 21.6. The van der Waals surface area contributed by atoms with Crippen molar-refractivity contribution < 1.29 is 14.3 Å². The average molecular weight is 415 g/mol. The molecule has 0 spiro atoms. The van der Waals surface area contributed by atoms with Gasteiger partial charge >= 0.3 is 0 Å². The summed E-state index contributed by atoms with van der Waals surface area (Å²) < 4.78 is 11.6. The fourth-order valence-corrected chi connectivity index (χ4v) is 3.70. The summed E-state index contributed by atoms with van der Waals surface area (Å²) in [6.45, 7) is 4.88. The lowest BCUT2D eigenvalue weighted by atomic mass is 9.99. The van der Waals surface area contributed by atoms with Crippen LogP contribution in [0.5, 0.6) is 11.5 Å². The fraction of sp³-hybridized carbons (Fsp3) is 0.231. The minimum absolute atomic E-state index is 0.136. The summed E-state index contributed by atoms with van der Waals surface area (Å²) in [7, 11) is 0. The Bertz CT molecular complexity index is 1080. The second kappa shape index (κ2) is 9.47. The van der Waals surface area contributed by atoms with E-state index >= 15 is 0 Å². The molecule has 0 saturated heterocycles. The molecule has 0 bridgehead atoms. The molecule has 1 heterocycles. The van der Waals surface area contributed by atoms with Crippen molar-refractivity contribution in [1.29, 1.82) is 0 Å². The van der Waals surface area contributed by atoms with Crippen LogP contribution >= 0.6 is 0 Å². The first-order valence-corrected chi connectivity index (χ1v) is 10.6. The van der Waals surface area contributed by atoms with E-state index in [1.54, 1.807) is 0 Å². The molecule has 0 fully saturated rings. The van der Waals surface area contributed by atoms with Gasteiger partial charge in [0, 0.05) is 23.6 Å². The first kappa shape index (κ1) is 20.7. The molecule has 5 heteroatoms. The number of nitrogens with zero attached hydrogens (tertiary/aromatic N) is 1. The smallest absolute Gasteiger partial charge is 0.249 e. The zero-order valence-electron chi connectivity index (χ0n) is 17.8. The van der Waals surface area contributed by atoms with Crippen molar-refractivity contribution in [2.75, 3.05) is 18.5 Å². The van der Waals surface area contributed by atoms with Gasteiger partial charge in [0.2, 0.25) is 5.91 Å². The Morgan fingerprint density at radius 3 is 2.13 bits per heavy atom. The third kappa shape index (κ3) is 4.61. The van der Waals surface area contributed by atoms with Crippen LogP contribution in [-0.2, 0) is 11.2 Å².